The zero-order valence-electron chi connectivity index (χ0n) is 8.30. The monoisotopic (exact) mass is 273 g/mol. The van der Waals surface area contributed by atoms with Gasteiger partial charge in [0, 0.05) is 6.04 Å². The first kappa shape index (κ1) is 10.9. The summed E-state index contributed by atoms with van der Waals surface area (Å²) >= 11 is 3.13. The van der Waals surface area contributed by atoms with E-state index in [-0.39, 0.29) is 5.82 Å². The molecule has 0 aromatic heterocycles. The molecule has 4 heteroatoms. The maximum Gasteiger partial charge on any atom is 0.137 e. The normalized spacial score (nSPS) is 20.5. The summed E-state index contributed by atoms with van der Waals surface area (Å²) in [5.41, 5.74) is 0. The topological polar surface area (TPSA) is 21.3 Å². The van der Waals surface area contributed by atoms with E-state index in [0.29, 0.717) is 22.9 Å². The van der Waals surface area contributed by atoms with Gasteiger partial charge in [0.15, 0.2) is 0 Å². The second-order valence-corrected chi connectivity index (χ2v) is 4.53. The van der Waals surface area contributed by atoms with Gasteiger partial charge in [-0.1, -0.05) is 0 Å². The number of ether oxygens (including phenoxy) is 1. The van der Waals surface area contributed by atoms with Crippen molar-refractivity contribution in [2.45, 2.75) is 18.9 Å². The lowest BCUT2D eigenvalue weighted by atomic mass is 10.2. The van der Waals surface area contributed by atoms with Crippen LogP contribution in [0.15, 0.2) is 22.7 Å². The number of hydrogen-bond acceptors (Lipinski definition) is 2. The molecule has 1 saturated heterocycles. The Morgan fingerprint density at radius 3 is 3.07 bits per heavy atom. The number of halogens is 2. The third-order valence-electron chi connectivity index (χ3n) is 2.50. The fourth-order valence-electron chi connectivity index (χ4n) is 1.66. The van der Waals surface area contributed by atoms with Crippen LogP contribution in [0, 0.1) is 5.82 Å². The molecule has 0 bridgehead atoms. The molecule has 15 heavy (non-hydrogen) atoms. The van der Waals surface area contributed by atoms with E-state index in [2.05, 4.69) is 21.2 Å². The Morgan fingerprint density at radius 1 is 1.53 bits per heavy atom. The van der Waals surface area contributed by atoms with Crippen molar-refractivity contribution in [3.63, 3.8) is 0 Å². The van der Waals surface area contributed by atoms with Gasteiger partial charge in [-0.15, -0.1) is 0 Å². The average molecular weight is 274 g/mol. The molecular weight excluding hydrogens is 261 g/mol. The Morgan fingerprint density at radius 2 is 2.40 bits per heavy atom. The van der Waals surface area contributed by atoms with Gasteiger partial charge in [0.1, 0.15) is 18.2 Å². The highest BCUT2D eigenvalue weighted by Crippen LogP contribution is 2.22. The van der Waals surface area contributed by atoms with Gasteiger partial charge >= 0.3 is 0 Å². The van der Waals surface area contributed by atoms with E-state index in [0.717, 1.165) is 13.0 Å². The molecule has 2 nitrogen and oxygen atoms in total. The largest absolute Gasteiger partial charge is 0.492 e. The van der Waals surface area contributed by atoms with E-state index in [9.17, 15) is 4.39 Å². The van der Waals surface area contributed by atoms with Crippen LogP contribution in [-0.4, -0.2) is 19.2 Å². The number of hydrogen-bond donors (Lipinski definition) is 1. The average Bonchev–Trinajstić information content (AvgIpc) is 2.73. The molecule has 0 aliphatic carbocycles. The highest BCUT2D eigenvalue weighted by atomic mass is 79.9. The van der Waals surface area contributed by atoms with Gasteiger partial charge in [-0.25, -0.2) is 4.39 Å². The molecule has 0 spiro atoms. The minimum atomic E-state index is -0.263. The smallest absolute Gasteiger partial charge is 0.137 e. The molecule has 1 aromatic rings. The molecule has 1 atom stereocenters. The second kappa shape index (κ2) is 4.94. The van der Waals surface area contributed by atoms with Crippen LogP contribution in [0.25, 0.3) is 0 Å². The van der Waals surface area contributed by atoms with Crippen LogP contribution >= 0.6 is 15.9 Å². The number of nitrogens with one attached hydrogen (secondary N) is 1. The van der Waals surface area contributed by atoms with E-state index in [4.69, 9.17) is 4.74 Å². The molecular formula is C11H13BrFNO. The highest BCUT2D eigenvalue weighted by molar-refractivity contribution is 9.10. The van der Waals surface area contributed by atoms with Gasteiger partial charge in [-0.3, -0.25) is 0 Å². The van der Waals surface area contributed by atoms with E-state index in [1.807, 2.05) is 0 Å². The molecule has 82 valence electrons. The van der Waals surface area contributed by atoms with E-state index < -0.39 is 0 Å². The summed E-state index contributed by atoms with van der Waals surface area (Å²) in [6.07, 6.45) is 2.36. The van der Waals surface area contributed by atoms with Crippen molar-refractivity contribution in [2.75, 3.05) is 13.2 Å². The third kappa shape index (κ3) is 2.92. The predicted octanol–water partition coefficient (Wildman–Crippen LogP) is 2.72. The summed E-state index contributed by atoms with van der Waals surface area (Å²) in [7, 11) is 0. The Balaban J connectivity index is 1.90. The molecule has 1 heterocycles. The Labute approximate surface area is 96.9 Å². The second-order valence-electron chi connectivity index (χ2n) is 3.68. The van der Waals surface area contributed by atoms with Crippen LogP contribution in [0.3, 0.4) is 0 Å². The van der Waals surface area contributed by atoms with Crippen LogP contribution in [-0.2, 0) is 0 Å². The summed E-state index contributed by atoms with van der Waals surface area (Å²) in [6, 6.07) is 5.15. The Hall–Kier alpha value is -0.610. The van der Waals surface area contributed by atoms with Gasteiger partial charge in [-0.05, 0) is 53.5 Å². The van der Waals surface area contributed by atoms with Crippen molar-refractivity contribution in [2.24, 2.45) is 0 Å². The lowest BCUT2D eigenvalue weighted by Gasteiger charge is -2.12. The Kier molecular flexibility index (Phi) is 3.59. The zero-order chi connectivity index (χ0) is 10.7. The van der Waals surface area contributed by atoms with Crippen LogP contribution in [0.5, 0.6) is 5.75 Å². The van der Waals surface area contributed by atoms with Crippen molar-refractivity contribution < 1.29 is 9.13 Å². The highest BCUT2D eigenvalue weighted by Gasteiger charge is 2.14. The molecule has 2 rings (SSSR count). The van der Waals surface area contributed by atoms with Crippen LogP contribution < -0.4 is 10.1 Å². The van der Waals surface area contributed by atoms with Gasteiger partial charge < -0.3 is 10.1 Å². The first-order chi connectivity index (χ1) is 7.25. The van der Waals surface area contributed by atoms with Crippen molar-refractivity contribution in [1.82, 2.24) is 5.32 Å². The SMILES string of the molecule is Fc1ccc(OC[C@H]2CCCN2)cc1Br. The molecule has 0 saturated carbocycles. The van der Waals surface area contributed by atoms with Gasteiger partial charge in [0.25, 0.3) is 0 Å². The number of rotatable bonds is 3. The summed E-state index contributed by atoms with van der Waals surface area (Å²) in [5.74, 6) is 0.443. The van der Waals surface area contributed by atoms with Crippen LogP contribution in [0.1, 0.15) is 12.8 Å². The minimum Gasteiger partial charge on any atom is -0.492 e. The molecule has 0 amide bonds. The molecule has 1 aromatic carbocycles. The molecule has 1 aliphatic rings. The van der Waals surface area contributed by atoms with Gasteiger partial charge in [0.05, 0.1) is 4.47 Å². The maximum absolute atomic E-state index is 12.9. The molecule has 1 N–H and O–H groups in total. The fourth-order valence-corrected chi connectivity index (χ4v) is 2.02. The number of benzene rings is 1. The van der Waals surface area contributed by atoms with Gasteiger partial charge in [0.2, 0.25) is 0 Å². The molecule has 1 fully saturated rings. The third-order valence-corrected chi connectivity index (χ3v) is 3.11. The van der Waals surface area contributed by atoms with Crippen molar-refractivity contribution in [3.8, 4) is 5.75 Å². The predicted molar refractivity (Wildman–Crippen MR) is 60.6 cm³/mol. The summed E-state index contributed by atoms with van der Waals surface area (Å²) in [6.45, 7) is 1.72. The standard InChI is InChI=1S/C11H13BrFNO/c12-10-6-9(3-4-11(10)13)15-7-8-2-1-5-14-8/h3-4,6,8,14H,1-2,5,7H2/t8-/m1/s1. The first-order valence-corrected chi connectivity index (χ1v) is 5.86. The minimum absolute atomic E-state index is 0.263. The van der Waals surface area contributed by atoms with E-state index >= 15 is 0 Å². The zero-order valence-corrected chi connectivity index (χ0v) is 9.89. The summed E-state index contributed by atoms with van der Waals surface area (Å²) in [4.78, 5) is 0. The van der Waals surface area contributed by atoms with Crippen molar-refractivity contribution in [1.29, 1.82) is 0 Å². The fraction of sp³-hybridized carbons (Fsp3) is 0.455. The quantitative estimate of drug-likeness (QED) is 0.915. The first-order valence-electron chi connectivity index (χ1n) is 5.07. The Bertz CT molecular complexity index is 339. The lowest BCUT2D eigenvalue weighted by Crippen LogP contribution is -2.28. The maximum atomic E-state index is 12.9. The van der Waals surface area contributed by atoms with Crippen LogP contribution in [0.2, 0.25) is 0 Å². The summed E-state index contributed by atoms with van der Waals surface area (Å²) in [5, 5.41) is 3.34. The van der Waals surface area contributed by atoms with E-state index in [1.165, 1.54) is 12.5 Å². The van der Waals surface area contributed by atoms with Crippen molar-refractivity contribution >= 4 is 15.9 Å². The molecule has 0 unspecified atom stereocenters. The lowest BCUT2D eigenvalue weighted by molar-refractivity contribution is 0.276. The van der Waals surface area contributed by atoms with E-state index in [1.54, 1.807) is 12.1 Å². The molecule has 0 radical (unpaired) electrons. The summed E-state index contributed by atoms with van der Waals surface area (Å²) < 4.78 is 18.9. The molecule has 1 aliphatic heterocycles. The van der Waals surface area contributed by atoms with Gasteiger partial charge in [-0.2, -0.15) is 0 Å². The van der Waals surface area contributed by atoms with Crippen molar-refractivity contribution in [3.05, 3.63) is 28.5 Å². The van der Waals surface area contributed by atoms with Crippen LogP contribution in [0.4, 0.5) is 4.39 Å².